The van der Waals surface area contributed by atoms with Gasteiger partial charge in [0.1, 0.15) is 21.4 Å². The number of halogens is 4. The third-order valence-electron chi connectivity index (χ3n) is 5.60. The van der Waals surface area contributed by atoms with Gasteiger partial charge in [-0.1, -0.05) is 0 Å². The van der Waals surface area contributed by atoms with Gasteiger partial charge < -0.3 is 20.5 Å². The highest BCUT2D eigenvalue weighted by Gasteiger charge is 2.35. The van der Waals surface area contributed by atoms with Crippen molar-refractivity contribution in [3.63, 3.8) is 0 Å². The molecule has 0 aliphatic carbocycles. The molecule has 1 fully saturated rings. The predicted octanol–water partition coefficient (Wildman–Crippen LogP) is 2.88. The average molecular weight is 531 g/mol. The second-order valence-electron chi connectivity index (χ2n) is 8.58. The van der Waals surface area contributed by atoms with Crippen molar-refractivity contribution in [2.75, 3.05) is 23.8 Å². The molecular formula is C21H21F4N5O5S. The van der Waals surface area contributed by atoms with Gasteiger partial charge >= 0.3 is 6.18 Å². The van der Waals surface area contributed by atoms with E-state index in [2.05, 4.69) is 20.1 Å². The first kappa shape index (κ1) is 25.5. The van der Waals surface area contributed by atoms with E-state index in [1.807, 2.05) is 0 Å². The number of nitrogens with two attached hydrogens (primary N) is 1. The number of sulfone groups is 1. The van der Waals surface area contributed by atoms with E-state index in [1.54, 1.807) is 6.92 Å². The monoisotopic (exact) mass is 531 g/mol. The smallest absolute Gasteiger partial charge is 0.422 e. The van der Waals surface area contributed by atoms with Crippen LogP contribution in [0.4, 0.5) is 23.2 Å². The molecule has 1 saturated heterocycles. The Morgan fingerprint density at radius 2 is 1.97 bits per heavy atom. The molecule has 3 aromatic rings. The zero-order chi connectivity index (χ0) is 26.3. The first-order valence-corrected chi connectivity index (χ1v) is 12.4. The summed E-state index contributed by atoms with van der Waals surface area (Å²) in [7, 11) is -3.13. The molecule has 0 aromatic carbocycles. The Morgan fingerprint density at radius 1 is 1.28 bits per heavy atom. The highest BCUT2D eigenvalue weighted by atomic mass is 32.2. The number of rotatable bonds is 6. The number of ether oxygens (including phenoxy) is 2. The summed E-state index contributed by atoms with van der Waals surface area (Å²) in [5.41, 5.74) is 5.51. The minimum atomic E-state index is -4.66. The number of aromatic nitrogens is 3. The molecule has 36 heavy (non-hydrogen) atoms. The maximum absolute atomic E-state index is 13.5. The van der Waals surface area contributed by atoms with Crippen LogP contribution >= 0.6 is 0 Å². The van der Waals surface area contributed by atoms with Gasteiger partial charge in [-0.05, 0) is 25.8 Å². The highest BCUT2D eigenvalue weighted by molar-refractivity contribution is 7.91. The van der Waals surface area contributed by atoms with Crippen LogP contribution in [0.1, 0.15) is 30.3 Å². The molecular weight excluding hydrogens is 510 g/mol. The van der Waals surface area contributed by atoms with Gasteiger partial charge in [-0.25, -0.2) is 22.3 Å². The Balaban J connectivity index is 1.55. The molecule has 1 aliphatic rings. The fraction of sp³-hybridized carbons (Fsp3) is 0.381. The van der Waals surface area contributed by atoms with Crippen molar-refractivity contribution in [2.24, 2.45) is 0 Å². The largest absolute Gasteiger partial charge is 0.478 e. The molecule has 0 saturated carbocycles. The second kappa shape index (κ2) is 9.11. The Bertz CT molecular complexity index is 1410. The molecule has 15 heteroatoms. The summed E-state index contributed by atoms with van der Waals surface area (Å²) >= 11 is 0. The van der Waals surface area contributed by atoms with Crippen LogP contribution in [0, 0.1) is 5.82 Å². The molecule has 1 amide bonds. The molecule has 4 rings (SSSR count). The van der Waals surface area contributed by atoms with Crippen molar-refractivity contribution in [1.82, 2.24) is 19.9 Å². The van der Waals surface area contributed by atoms with Gasteiger partial charge in [0.05, 0.1) is 28.9 Å². The number of carbonyl (C=O) groups is 1. The van der Waals surface area contributed by atoms with Crippen LogP contribution in [-0.4, -0.2) is 58.8 Å². The quantitative estimate of drug-likeness (QED) is 0.463. The van der Waals surface area contributed by atoms with Gasteiger partial charge in [-0.2, -0.15) is 18.3 Å². The molecule has 194 valence electrons. The number of nitrogens with one attached hydrogen (secondary N) is 1. The second-order valence-corrected chi connectivity index (χ2v) is 10.9. The molecule has 1 aliphatic heterocycles. The number of hydrogen-bond donors (Lipinski definition) is 2. The average Bonchev–Trinajstić information content (AvgIpc) is 3.12. The Labute approximate surface area is 202 Å². The first-order chi connectivity index (χ1) is 16.7. The topological polar surface area (TPSA) is 138 Å². The van der Waals surface area contributed by atoms with E-state index >= 15 is 0 Å². The first-order valence-electron chi connectivity index (χ1n) is 10.6. The number of carbonyl (C=O) groups excluding carboxylic acids is 1. The Kier molecular flexibility index (Phi) is 6.45. The maximum atomic E-state index is 13.5. The van der Waals surface area contributed by atoms with Crippen molar-refractivity contribution in [3.05, 3.63) is 42.1 Å². The highest BCUT2D eigenvalue weighted by Crippen LogP contribution is 2.33. The van der Waals surface area contributed by atoms with Gasteiger partial charge in [-0.3, -0.25) is 4.79 Å². The number of anilines is 1. The van der Waals surface area contributed by atoms with Crippen molar-refractivity contribution >= 4 is 26.9 Å². The van der Waals surface area contributed by atoms with E-state index in [4.69, 9.17) is 10.5 Å². The number of amides is 1. The van der Waals surface area contributed by atoms with E-state index < -0.39 is 51.5 Å². The summed E-state index contributed by atoms with van der Waals surface area (Å²) in [5, 5.41) is 6.96. The van der Waals surface area contributed by atoms with Crippen LogP contribution in [0.2, 0.25) is 0 Å². The lowest BCUT2D eigenvalue weighted by molar-refractivity contribution is -0.153. The van der Waals surface area contributed by atoms with Crippen molar-refractivity contribution < 1.29 is 40.2 Å². The van der Waals surface area contributed by atoms with Gasteiger partial charge in [0.15, 0.2) is 18.1 Å². The fourth-order valence-corrected chi connectivity index (χ4v) is 5.31. The van der Waals surface area contributed by atoms with Crippen LogP contribution in [0.3, 0.4) is 0 Å². The summed E-state index contributed by atoms with van der Waals surface area (Å²) in [4.78, 5) is 16.5. The van der Waals surface area contributed by atoms with E-state index in [-0.39, 0.29) is 47.0 Å². The van der Waals surface area contributed by atoms with Gasteiger partial charge in [0, 0.05) is 23.9 Å². The zero-order valence-electron chi connectivity index (χ0n) is 18.8. The van der Waals surface area contributed by atoms with E-state index in [9.17, 15) is 30.8 Å². The van der Waals surface area contributed by atoms with Crippen LogP contribution in [0.15, 0.2) is 30.6 Å². The van der Waals surface area contributed by atoms with Crippen LogP contribution in [0.25, 0.3) is 5.52 Å². The van der Waals surface area contributed by atoms with Crippen LogP contribution in [-0.2, 0) is 9.84 Å². The van der Waals surface area contributed by atoms with Gasteiger partial charge in [0.25, 0.3) is 11.8 Å². The number of pyridine rings is 2. The SMILES string of the molecule is CC1(NC(=O)c2nn3ccc(Oc4ncc(F)cc4OCC(F)(F)F)cc3c2N)CCS(=O)(=O)CC1. The van der Waals surface area contributed by atoms with Gasteiger partial charge in [-0.15, -0.1) is 0 Å². The molecule has 3 aromatic heterocycles. The third kappa shape index (κ3) is 5.78. The summed E-state index contributed by atoms with van der Waals surface area (Å²) in [6, 6.07) is 3.46. The number of nitrogen functional groups attached to an aromatic ring is 1. The minimum Gasteiger partial charge on any atom is -0.478 e. The van der Waals surface area contributed by atoms with E-state index in [0.717, 1.165) is 6.20 Å². The predicted molar refractivity (Wildman–Crippen MR) is 119 cm³/mol. The maximum Gasteiger partial charge on any atom is 0.422 e. The number of nitrogens with zero attached hydrogens (tertiary/aromatic N) is 3. The van der Waals surface area contributed by atoms with Crippen molar-refractivity contribution in [2.45, 2.75) is 31.5 Å². The summed E-state index contributed by atoms with van der Waals surface area (Å²) in [6.07, 6.45) is -2.02. The van der Waals surface area contributed by atoms with Crippen molar-refractivity contribution in [3.8, 4) is 17.4 Å². The lowest BCUT2D eigenvalue weighted by Crippen LogP contribution is -2.51. The summed E-state index contributed by atoms with van der Waals surface area (Å²) in [6.45, 7) is 0.0675. The number of alkyl halides is 3. The molecule has 0 spiro atoms. The standard InChI is InChI=1S/C21H21F4N5O5S/c1-20(3-6-36(32,33)7-4-20)28-18(31)17-16(26)14-9-13(2-5-30(14)29-17)35-19-15(8-12(22)10-27-19)34-11-21(23,24)25/h2,5,8-10H,3-4,6-7,11,26H2,1H3,(H,28,31). The summed E-state index contributed by atoms with van der Waals surface area (Å²) < 4.78 is 85.9. The fourth-order valence-electron chi connectivity index (χ4n) is 3.58. The Hall–Kier alpha value is -3.62. The lowest BCUT2D eigenvalue weighted by Gasteiger charge is -2.34. The minimum absolute atomic E-state index is 0.00871. The normalized spacial score (nSPS) is 17.0. The number of hydrogen-bond acceptors (Lipinski definition) is 8. The number of fused-ring (bicyclic) bond motifs is 1. The lowest BCUT2D eigenvalue weighted by atomic mass is 9.94. The molecule has 0 unspecified atom stereocenters. The molecule has 0 radical (unpaired) electrons. The van der Waals surface area contributed by atoms with E-state index in [0.29, 0.717) is 6.07 Å². The summed E-state index contributed by atoms with van der Waals surface area (Å²) in [5.74, 6) is -2.52. The zero-order valence-corrected chi connectivity index (χ0v) is 19.6. The molecule has 10 nitrogen and oxygen atoms in total. The molecule has 0 bridgehead atoms. The van der Waals surface area contributed by atoms with Gasteiger partial charge in [0.2, 0.25) is 0 Å². The van der Waals surface area contributed by atoms with Crippen LogP contribution < -0.4 is 20.5 Å². The molecule has 0 atom stereocenters. The van der Waals surface area contributed by atoms with E-state index in [1.165, 1.54) is 22.8 Å². The third-order valence-corrected chi connectivity index (χ3v) is 7.25. The molecule has 3 N–H and O–H groups in total. The van der Waals surface area contributed by atoms with Crippen molar-refractivity contribution in [1.29, 1.82) is 0 Å². The Morgan fingerprint density at radius 3 is 2.64 bits per heavy atom. The van der Waals surface area contributed by atoms with Crippen LogP contribution in [0.5, 0.6) is 17.4 Å². The molecule has 4 heterocycles.